The number of carbonyl (C=O) groups is 1. The smallest absolute Gasteiger partial charge is 0.410 e. The minimum absolute atomic E-state index is 0.161. The minimum atomic E-state index is -0.401. The van der Waals surface area contributed by atoms with Crippen LogP contribution in [0.1, 0.15) is 47.0 Å². The third-order valence-corrected chi connectivity index (χ3v) is 4.05. The third kappa shape index (κ3) is 2.97. The number of ether oxygens (including phenoxy) is 1. The van der Waals surface area contributed by atoms with Gasteiger partial charge in [-0.05, 0) is 58.3 Å². The molecule has 1 saturated carbocycles. The van der Waals surface area contributed by atoms with Gasteiger partial charge in [0, 0.05) is 19.1 Å². The highest BCUT2D eigenvalue weighted by Crippen LogP contribution is 2.60. The average molecular weight is 254 g/mol. The highest BCUT2D eigenvalue weighted by atomic mass is 16.6. The summed E-state index contributed by atoms with van der Waals surface area (Å²) >= 11 is 0. The van der Waals surface area contributed by atoms with E-state index in [0.717, 1.165) is 25.9 Å². The van der Waals surface area contributed by atoms with Gasteiger partial charge in [0.1, 0.15) is 5.60 Å². The molecule has 1 amide bonds. The summed E-state index contributed by atoms with van der Waals surface area (Å²) in [6, 6.07) is 0.268. The number of nitrogens with zero attached hydrogens (tertiary/aromatic N) is 1. The van der Waals surface area contributed by atoms with Crippen molar-refractivity contribution >= 4 is 6.09 Å². The van der Waals surface area contributed by atoms with Crippen LogP contribution >= 0.6 is 0 Å². The second-order valence-corrected chi connectivity index (χ2v) is 7.13. The molecule has 18 heavy (non-hydrogen) atoms. The van der Waals surface area contributed by atoms with Crippen molar-refractivity contribution in [2.24, 2.45) is 17.1 Å². The largest absolute Gasteiger partial charge is 0.444 e. The number of nitrogens with two attached hydrogens (primary N) is 1. The lowest BCUT2D eigenvalue weighted by Gasteiger charge is -2.24. The summed E-state index contributed by atoms with van der Waals surface area (Å²) in [7, 11) is 0. The van der Waals surface area contributed by atoms with Crippen LogP contribution in [-0.4, -0.2) is 35.7 Å². The predicted octanol–water partition coefficient (Wildman–Crippen LogP) is 2.37. The van der Waals surface area contributed by atoms with Gasteiger partial charge in [0.05, 0.1) is 0 Å². The highest BCUT2D eigenvalue weighted by molar-refractivity contribution is 5.68. The van der Waals surface area contributed by atoms with Crippen LogP contribution in [0.3, 0.4) is 0 Å². The molecule has 3 unspecified atom stereocenters. The molecule has 3 atom stereocenters. The Bertz CT molecular complexity index is 335. The van der Waals surface area contributed by atoms with Crippen LogP contribution in [0.5, 0.6) is 0 Å². The molecule has 1 aliphatic carbocycles. The van der Waals surface area contributed by atoms with E-state index >= 15 is 0 Å². The van der Waals surface area contributed by atoms with Gasteiger partial charge in [-0.3, -0.25) is 0 Å². The van der Waals surface area contributed by atoms with Crippen molar-refractivity contribution < 1.29 is 9.53 Å². The SMILES string of the molecule is CC(N)CC1CC12CCN(C(=O)OC(C)(C)C)C2. The number of hydrogen-bond donors (Lipinski definition) is 1. The van der Waals surface area contributed by atoms with E-state index in [0.29, 0.717) is 11.3 Å². The summed E-state index contributed by atoms with van der Waals surface area (Å²) in [5.41, 5.74) is 5.82. The van der Waals surface area contributed by atoms with Crippen LogP contribution in [0.15, 0.2) is 0 Å². The van der Waals surface area contributed by atoms with Crippen molar-refractivity contribution in [2.45, 2.75) is 58.6 Å². The fourth-order valence-corrected chi connectivity index (χ4v) is 3.09. The zero-order valence-electron chi connectivity index (χ0n) is 12.0. The molecule has 2 fully saturated rings. The van der Waals surface area contributed by atoms with Gasteiger partial charge in [-0.1, -0.05) is 0 Å². The molecule has 0 aromatic carbocycles. The second kappa shape index (κ2) is 4.41. The first-order valence-electron chi connectivity index (χ1n) is 6.95. The summed E-state index contributed by atoms with van der Waals surface area (Å²) in [4.78, 5) is 13.9. The monoisotopic (exact) mass is 254 g/mol. The number of hydrogen-bond acceptors (Lipinski definition) is 3. The Kier molecular flexibility index (Phi) is 3.34. The molecule has 1 heterocycles. The molecule has 0 bridgehead atoms. The molecule has 1 spiro atoms. The average Bonchev–Trinajstić information content (AvgIpc) is 2.67. The predicted molar refractivity (Wildman–Crippen MR) is 71.2 cm³/mol. The summed E-state index contributed by atoms with van der Waals surface area (Å²) in [6.07, 6.45) is 3.27. The van der Waals surface area contributed by atoms with Gasteiger partial charge in [-0.2, -0.15) is 0 Å². The van der Waals surface area contributed by atoms with Gasteiger partial charge in [0.15, 0.2) is 0 Å². The molecule has 2 rings (SSSR count). The Morgan fingerprint density at radius 3 is 2.78 bits per heavy atom. The molecule has 0 aromatic heterocycles. The van der Waals surface area contributed by atoms with Crippen LogP contribution in [0.2, 0.25) is 0 Å². The van der Waals surface area contributed by atoms with Crippen LogP contribution in [0, 0.1) is 11.3 Å². The van der Waals surface area contributed by atoms with Gasteiger partial charge in [-0.15, -0.1) is 0 Å². The lowest BCUT2D eigenvalue weighted by atomic mass is 9.99. The topological polar surface area (TPSA) is 55.6 Å². The van der Waals surface area contributed by atoms with Crippen molar-refractivity contribution in [1.29, 1.82) is 0 Å². The molecule has 4 nitrogen and oxygen atoms in total. The normalized spacial score (nSPS) is 32.7. The quantitative estimate of drug-likeness (QED) is 0.823. The van der Waals surface area contributed by atoms with E-state index in [9.17, 15) is 4.79 Å². The summed E-state index contributed by atoms with van der Waals surface area (Å²) < 4.78 is 5.42. The maximum absolute atomic E-state index is 12.0. The maximum atomic E-state index is 12.0. The Morgan fingerprint density at radius 2 is 2.22 bits per heavy atom. The molecule has 4 heteroatoms. The maximum Gasteiger partial charge on any atom is 0.410 e. The lowest BCUT2D eigenvalue weighted by molar-refractivity contribution is 0.0284. The summed E-state index contributed by atoms with van der Waals surface area (Å²) in [6.45, 7) is 9.49. The Morgan fingerprint density at radius 1 is 1.56 bits per heavy atom. The summed E-state index contributed by atoms with van der Waals surface area (Å²) in [5, 5.41) is 0. The third-order valence-electron chi connectivity index (χ3n) is 4.05. The molecule has 0 aromatic rings. The van der Waals surface area contributed by atoms with Gasteiger partial charge in [0.2, 0.25) is 0 Å². The first kappa shape index (κ1) is 13.7. The molecule has 2 N–H and O–H groups in total. The van der Waals surface area contributed by atoms with Gasteiger partial charge >= 0.3 is 6.09 Å². The van der Waals surface area contributed by atoms with Crippen molar-refractivity contribution in [3.8, 4) is 0 Å². The summed E-state index contributed by atoms with van der Waals surface area (Å²) in [5.74, 6) is 0.713. The van der Waals surface area contributed by atoms with Crippen LogP contribution in [0.25, 0.3) is 0 Å². The van der Waals surface area contributed by atoms with Crippen molar-refractivity contribution in [3.63, 3.8) is 0 Å². The van der Waals surface area contributed by atoms with Crippen LogP contribution < -0.4 is 5.73 Å². The fourth-order valence-electron chi connectivity index (χ4n) is 3.09. The van der Waals surface area contributed by atoms with Crippen molar-refractivity contribution in [1.82, 2.24) is 4.90 Å². The van der Waals surface area contributed by atoms with Crippen LogP contribution in [-0.2, 0) is 4.74 Å². The molecular formula is C14H26N2O2. The molecule has 1 saturated heterocycles. The zero-order chi connectivity index (χ0) is 13.6. The minimum Gasteiger partial charge on any atom is -0.444 e. The van der Waals surface area contributed by atoms with Gasteiger partial charge in [-0.25, -0.2) is 4.79 Å². The molecular weight excluding hydrogens is 228 g/mol. The molecule has 104 valence electrons. The number of rotatable bonds is 2. The molecule has 0 radical (unpaired) electrons. The van der Waals surface area contributed by atoms with Crippen molar-refractivity contribution in [2.75, 3.05) is 13.1 Å². The number of likely N-dealkylation sites (tertiary alicyclic amines) is 1. The first-order valence-corrected chi connectivity index (χ1v) is 6.95. The van der Waals surface area contributed by atoms with E-state index in [1.54, 1.807) is 0 Å². The van der Waals surface area contributed by atoms with E-state index in [4.69, 9.17) is 10.5 Å². The molecule has 1 aliphatic heterocycles. The number of carbonyl (C=O) groups excluding carboxylic acids is 1. The lowest BCUT2D eigenvalue weighted by Crippen LogP contribution is -2.35. The van der Waals surface area contributed by atoms with E-state index in [-0.39, 0.29) is 12.1 Å². The number of amides is 1. The Labute approximate surface area is 110 Å². The zero-order valence-corrected chi connectivity index (χ0v) is 12.0. The Balaban J connectivity index is 1.85. The second-order valence-electron chi connectivity index (χ2n) is 7.13. The molecule has 2 aliphatic rings. The standard InChI is InChI=1S/C14H26N2O2/c1-10(15)7-11-8-14(11)5-6-16(9-14)12(17)18-13(2,3)4/h10-11H,5-9,15H2,1-4H3. The van der Waals surface area contributed by atoms with Gasteiger partial charge < -0.3 is 15.4 Å². The van der Waals surface area contributed by atoms with Gasteiger partial charge in [0.25, 0.3) is 0 Å². The van der Waals surface area contributed by atoms with E-state index in [2.05, 4.69) is 6.92 Å². The van der Waals surface area contributed by atoms with E-state index < -0.39 is 5.60 Å². The fraction of sp³-hybridized carbons (Fsp3) is 0.929. The van der Waals surface area contributed by atoms with Crippen LogP contribution in [0.4, 0.5) is 4.79 Å². The van der Waals surface area contributed by atoms with Crippen molar-refractivity contribution in [3.05, 3.63) is 0 Å². The highest BCUT2D eigenvalue weighted by Gasteiger charge is 2.57. The first-order chi connectivity index (χ1) is 8.22. The van der Waals surface area contributed by atoms with E-state index in [1.807, 2.05) is 25.7 Å². The Hall–Kier alpha value is -0.770. The van der Waals surface area contributed by atoms with E-state index in [1.165, 1.54) is 6.42 Å².